The fourth-order valence-corrected chi connectivity index (χ4v) is 4.11. The molecule has 0 saturated heterocycles. The van der Waals surface area contributed by atoms with E-state index in [0.717, 1.165) is 23.2 Å². The number of fused-ring (bicyclic) bond motifs is 3. The number of carbonyl (C=O) groups is 2. The van der Waals surface area contributed by atoms with Crippen molar-refractivity contribution in [2.45, 2.75) is 18.4 Å². The lowest BCUT2D eigenvalue weighted by Crippen LogP contribution is -2.30. The van der Waals surface area contributed by atoms with Crippen LogP contribution in [0.4, 0.5) is 5.69 Å². The van der Waals surface area contributed by atoms with Crippen molar-refractivity contribution in [3.8, 4) is 0 Å². The van der Waals surface area contributed by atoms with Crippen LogP contribution in [-0.4, -0.2) is 24.2 Å². The van der Waals surface area contributed by atoms with Gasteiger partial charge in [-0.05, 0) is 47.7 Å². The Labute approximate surface area is 151 Å². The Hall–Kier alpha value is -3.08. The quantitative estimate of drug-likeness (QED) is 0.647. The summed E-state index contributed by atoms with van der Waals surface area (Å²) in [6.07, 6.45) is 5.15. The van der Waals surface area contributed by atoms with Gasteiger partial charge in [-0.3, -0.25) is 0 Å². The molecule has 0 unspecified atom stereocenters. The van der Waals surface area contributed by atoms with Gasteiger partial charge in [-0.1, -0.05) is 30.4 Å². The average molecular weight is 349 g/mol. The Morgan fingerprint density at radius 2 is 1.96 bits per heavy atom. The molecule has 2 N–H and O–H groups in total. The summed E-state index contributed by atoms with van der Waals surface area (Å²) in [5.74, 6) is -0.931. The van der Waals surface area contributed by atoms with E-state index >= 15 is 0 Å². The van der Waals surface area contributed by atoms with Crippen LogP contribution < -0.4 is 5.32 Å². The van der Waals surface area contributed by atoms with Gasteiger partial charge in [-0.2, -0.15) is 0 Å². The molecule has 4 rings (SSSR count). The number of methoxy groups -OCH3 is 1. The molecule has 0 bridgehead atoms. The number of ether oxygens (including phenoxy) is 1. The first-order valence-corrected chi connectivity index (χ1v) is 8.58. The lowest BCUT2D eigenvalue weighted by atomic mass is 9.76. The zero-order chi connectivity index (χ0) is 18.3. The van der Waals surface area contributed by atoms with Gasteiger partial charge in [0.1, 0.15) is 0 Å². The van der Waals surface area contributed by atoms with Crippen LogP contribution in [-0.2, 0) is 4.74 Å². The highest BCUT2D eigenvalue weighted by Crippen LogP contribution is 2.50. The van der Waals surface area contributed by atoms with Gasteiger partial charge in [0.15, 0.2) is 0 Å². The lowest BCUT2D eigenvalue weighted by molar-refractivity contribution is 0.0599. The van der Waals surface area contributed by atoms with Crippen molar-refractivity contribution < 1.29 is 19.4 Å². The van der Waals surface area contributed by atoms with Crippen molar-refractivity contribution in [2.75, 3.05) is 12.4 Å². The predicted molar refractivity (Wildman–Crippen MR) is 97.5 cm³/mol. The molecule has 132 valence electrons. The van der Waals surface area contributed by atoms with Crippen LogP contribution in [0.5, 0.6) is 0 Å². The van der Waals surface area contributed by atoms with Gasteiger partial charge >= 0.3 is 11.9 Å². The highest BCUT2D eigenvalue weighted by molar-refractivity contribution is 5.91. The van der Waals surface area contributed by atoms with Crippen molar-refractivity contribution in [1.82, 2.24) is 0 Å². The maximum absolute atomic E-state index is 11.9. The summed E-state index contributed by atoms with van der Waals surface area (Å²) in [5.41, 5.74) is 3.62. The molecule has 5 nitrogen and oxygen atoms in total. The largest absolute Gasteiger partial charge is 0.478 e. The second-order valence-corrected chi connectivity index (χ2v) is 6.66. The summed E-state index contributed by atoms with van der Waals surface area (Å²) >= 11 is 0. The van der Waals surface area contributed by atoms with Gasteiger partial charge in [0.2, 0.25) is 0 Å². The normalized spacial score (nSPS) is 22.9. The first-order valence-electron chi connectivity index (χ1n) is 8.58. The number of hydrogen-bond acceptors (Lipinski definition) is 4. The van der Waals surface area contributed by atoms with E-state index in [1.54, 1.807) is 18.2 Å². The standard InChI is InChI=1S/C21H19NO4/c1-26-21(25)12-9-10-18-17(11-12)13-7-4-8-14(13)19(22-18)15-5-2-3-6-16(15)20(23)24/h2-7,9-11,13-14,19,22H,8H2,1H3,(H,23,24)/t13-,14+,19-/m1/s1. The highest BCUT2D eigenvalue weighted by Gasteiger charge is 2.39. The number of carboxylic acids is 1. The van der Waals surface area contributed by atoms with Crippen molar-refractivity contribution in [3.05, 3.63) is 76.9 Å². The Balaban J connectivity index is 1.79. The summed E-state index contributed by atoms with van der Waals surface area (Å²) < 4.78 is 4.83. The topological polar surface area (TPSA) is 75.6 Å². The first kappa shape index (κ1) is 16.4. The number of hydrogen-bond donors (Lipinski definition) is 2. The Kier molecular flexibility index (Phi) is 3.99. The van der Waals surface area contributed by atoms with Crippen LogP contribution >= 0.6 is 0 Å². The van der Waals surface area contributed by atoms with Gasteiger partial charge in [0, 0.05) is 11.6 Å². The van der Waals surface area contributed by atoms with Crippen LogP contribution in [0.2, 0.25) is 0 Å². The number of esters is 1. The molecule has 2 aromatic rings. The maximum atomic E-state index is 11.9. The van der Waals surface area contributed by atoms with Crippen LogP contribution in [0.25, 0.3) is 0 Å². The zero-order valence-corrected chi connectivity index (χ0v) is 14.3. The van der Waals surface area contributed by atoms with Gasteiger partial charge in [-0.15, -0.1) is 0 Å². The van der Waals surface area contributed by atoms with Crippen LogP contribution in [0.1, 0.15) is 50.2 Å². The summed E-state index contributed by atoms with van der Waals surface area (Å²) in [6.45, 7) is 0. The number of aromatic carboxylic acids is 1. The minimum Gasteiger partial charge on any atom is -0.478 e. The molecule has 3 atom stereocenters. The maximum Gasteiger partial charge on any atom is 0.337 e. The molecular formula is C21H19NO4. The van der Waals surface area contributed by atoms with Crippen molar-refractivity contribution in [1.29, 1.82) is 0 Å². The van der Waals surface area contributed by atoms with E-state index in [2.05, 4.69) is 17.5 Å². The van der Waals surface area contributed by atoms with Crippen LogP contribution in [0.3, 0.4) is 0 Å². The molecule has 26 heavy (non-hydrogen) atoms. The lowest BCUT2D eigenvalue weighted by Gasteiger charge is -2.38. The van der Waals surface area contributed by atoms with E-state index < -0.39 is 5.97 Å². The first-order chi connectivity index (χ1) is 12.6. The molecule has 0 spiro atoms. The molecule has 2 aliphatic rings. The predicted octanol–water partition coefficient (Wildman–Crippen LogP) is 4.00. The summed E-state index contributed by atoms with van der Waals surface area (Å²) in [5, 5.41) is 13.1. The monoisotopic (exact) mass is 349 g/mol. The Morgan fingerprint density at radius 1 is 1.15 bits per heavy atom. The molecule has 2 aromatic carbocycles. The minimum absolute atomic E-state index is 0.0984. The second-order valence-electron chi connectivity index (χ2n) is 6.66. The molecule has 0 saturated carbocycles. The second kappa shape index (κ2) is 6.33. The van der Waals surface area contributed by atoms with E-state index in [0.29, 0.717) is 11.1 Å². The smallest absolute Gasteiger partial charge is 0.337 e. The summed E-state index contributed by atoms with van der Waals surface area (Å²) in [4.78, 5) is 23.5. The van der Waals surface area contributed by atoms with Gasteiger partial charge in [0.25, 0.3) is 0 Å². The average Bonchev–Trinajstić information content (AvgIpc) is 3.16. The van der Waals surface area contributed by atoms with E-state index in [9.17, 15) is 14.7 Å². The van der Waals surface area contributed by atoms with Crippen molar-refractivity contribution >= 4 is 17.6 Å². The number of benzene rings is 2. The third-order valence-corrected chi connectivity index (χ3v) is 5.31. The number of anilines is 1. The van der Waals surface area contributed by atoms with Gasteiger partial charge < -0.3 is 15.2 Å². The molecular weight excluding hydrogens is 330 g/mol. The molecule has 1 heterocycles. The summed E-state index contributed by atoms with van der Waals surface area (Å²) in [7, 11) is 1.37. The Bertz CT molecular complexity index is 918. The number of rotatable bonds is 3. The summed E-state index contributed by atoms with van der Waals surface area (Å²) in [6, 6.07) is 12.5. The van der Waals surface area contributed by atoms with Crippen molar-refractivity contribution in [2.24, 2.45) is 5.92 Å². The molecule has 0 aromatic heterocycles. The fraction of sp³-hybridized carbons (Fsp3) is 0.238. The third kappa shape index (κ3) is 2.56. The van der Waals surface area contributed by atoms with Gasteiger partial charge in [-0.25, -0.2) is 9.59 Å². The highest BCUT2D eigenvalue weighted by atomic mass is 16.5. The van der Waals surface area contributed by atoms with E-state index in [4.69, 9.17) is 4.74 Å². The van der Waals surface area contributed by atoms with E-state index in [1.807, 2.05) is 24.3 Å². The zero-order valence-electron chi connectivity index (χ0n) is 14.3. The molecule has 0 amide bonds. The molecule has 5 heteroatoms. The van der Waals surface area contributed by atoms with E-state index in [-0.39, 0.29) is 23.8 Å². The van der Waals surface area contributed by atoms with Crippen molar-refractivity contribution in [3.63, 3.8) is 0 Å². The van der Waals surface area contributed by atoms with Crippen LogP contribution in [0.15, 0.2) is 54.6 Å². The van der Waals surface area contributed by atoms with Crippen LogP contribution in [0, 0.1) is 5.92 Å². The molecule has 1 aliphatic heterocycles. The number of carboxylic acid groups (broad SMARTS) is 1. The SMILES string of the molecule is COC(=O)c1ccc2c(c1)[C@@H]1C=CC[C@@H]1[C@H](c1ccccc1C(=O)O)N2. The molecule has 0 radical (unpaired) electrons. The van der Waals surface area contributed by atoms with Gasteiger partial charge in [0.05, 0.1) is 24.3 Å². The fourth-order valence-electron chi connectivity index (χ4n) is 4.11. The minimum atomic E-state index is -0.920. The third-order valence-electron chi connectivity index (χ3n) is 5.31. The Morgan fingerprint density at radius 3 is 2.73 bits per heavy atom. The number of allylic oxidation sites excluding steroid dienone is 2. The molecule has 1 aliphatic carbocycles. The number of nitrogens with one attached hydrogen (secondary N) is 1. The molecule has 0 fully saturated rings. The van der Waals surface area contributed by atoms with E-state index in [1.165, 1.54) is 7.11 Å². The number of carbonyl (C=O) groups excluding carboxylic acids is 1.